The molecule has 0 bridgehead atoms. The van der Waals surface area contributed by atoms with Gasteiger partial charge in [0.2, 0.25) is 4.80 Å². The van der Waals surface area contributed by atoms with E-state index in [9.17, 15) is 8.42 Å². The highest BCUT2D eigenvalue weighted by molar-refractivity contribution is 7.92. The van der Waals surface area contributed by atoms with E-state index in [1.807, 2.05) is 0 Å². The van der Waals surface area contributed by atoms with Crippen molar-refractivity contribution < 1.29 is 22.6 Å². The number of methoxy groups -OCH3 is 3. The maximum absolute atomic E-state index is 12.7. The molecule has 0 saturated carbocycles. The van der Waals surface area contributed by atoms with Gasteiger partial charge in [-0.1, -0.05) is 22.9 Å². The van der Waals surface area contributed by atoms with Crippen LogP contribution in [-0.4, -0.2) is 40.9 Å². The SMILES string of the molecule is COCCn1c(=NS(=O)(=O)c2ccc(Cl)s2)sc2c(OC)ccc(OC)c21. The molecule has 2 aromatic heterocycles. The maximum Gasteiger partial charge on any atom is 0.294 e. The number of thiazole rings is 1. The summed E-state index contributed by atoms with van der Waals surface area (Å²) in [5, 5.41) is 0. The highest BCUT2D eigenvalue weighted by Gasteiger charge is 2.20. The van der Waals surface area contributed by atoms with Crippen LogP contribution in [0.4, 0.5) is 0 Å². The van der Waals surface area contributed by atoms with E-state index in [0.717, 1.165) is 16.0 Å². The van der Waals surface area contributed by atoms with Gasteiger partial charge < -0.3 is 18.8 Å². The van der Waals surface area contributed by atoms with E-state index in [0.29, 0.717) is 39.3 Å². The minimum absolute atomic E-state index is 0.0853. The summed E-state index contributed by atoms with van der Waals surface area (Å²) in [7, 11) is 0.790. The number of halogens is 1. The lowest BCUT2D eigenvalue weighted by molar-refractivity contribution is 0.187. The van der Waals surface area contributed by atoms with E-state index in [1.165, 1.54) is 23.5 Å². The summed E-state index contributed by atoms with van der Waals surface area (Å²) in [6.07, 6.45) is 0. The van der Waals surface area contributed by atoms with E-state index in [-0.39, 0.29) is 4.21 Å². The number of rotatable bonds is 7. The Morgan fingerprint density at radius 2 is 1.78 bits per heavy atom. The average Bonchev–Trinajstić information content (AvgIpc) is 3.23. The minimum Gasteiger partial charge on any atom is -0.495 e. The lowest BCUT2D eigenvalue weighted by atomic mass is 10.3. The van der Waals surface area contributed by atoms with Crippen molar-refractivity contribution in [2.45, 2.75) is 10.8 Å². The number of ether oxygens (including phenoxy) is 3. The predicted octanol–water partition coefficient (Wildman–Crippen LogP) is 3.37. The monoisotopic (exact) mass is 448 g/mol. The van der Waals surface area contributed by atoms with Crippen LogP contribution in [0.3, 0.4) is 0 Å². The van der Waals surface area contributed by atoms with Crippen LogP contribution in [-0.2, 0) is 21.3 Å². The van der Waals surface area contributed by atoms with Crippen molar-refractivity contribution in [3.63, 3.8) is 0 Å². The lowest BCUT2D eigenvalue weighted by Crippen LogP contribution is -2.19. The van der Waals surface area contributed by atoms with Crippen molar-refractivity contribution in [3.05, 3.63) is 33.4 Å². The molecule has 11 heteroatoms. The van der Waals surface area contributed by atoms with E-state index < -0.39 is 10.0 Å². The van der Waals surface area contributed by atoms with Crippen LogP contribution in [0.1, 0.15) is 0 Å². The Bertz CT molecular complexity index is 1130. The Labute approximate surface area is 169 Å². The maximum atomic E-state index is 12.7. The Balaban J connectivity index is 2.31. The summed E-state index contributed by atoms with van der Waals surface area (Å²) in [6.45, 7) is 0.782. The van der Waals surface area contributed by atoms with Gasteiger partial charge in [-0.15, -0.1) is 15.7 Å². The van der Waals surface area contributed by atoms with Crippen LogP contribution in [0.5, 0.6) is 11.5 Å². The van der Waals surface area contributed by atoms with E-state index in [1.54, 1.807) is 38.0 Å². The van der Waals surface area contributed by atoms with Gasteiger partial charge in [0.15, 0.2) is 0 Å². The molecule has 0 saturated heterocycles. The lowest BCUT2D eigenvalue weighted by Gasteiger charge is -2.09. The molecular weight excluding hydrogens is 432 g/mol. The van der Waals surface area contributed by atoms with Crippen LogP contribution < -0.4 is 14.3 Å². The highest BCUT2D eigenvalue weighted by Crippen LogP contribution is 2.35. The highest BCUT2D eigenvalue weighted by atomic mass is 35.5. The molecule has 146 valence electrons. The third-order valence-corrected chi connectivity index (χ3v) is 7.89. The second-order valence-corrected chi connectivity index (χ2v) is 9.83. The van der Waals surface area contributed by atoms with Crippen LogP contribution in [0, 0.1) is 0 Å². The molecular formula is C16H17ClN2O5S3. The van der Waals surface area contributed by atoms with Gasteiger partial charge in [-0.3, -0.25) is 0 Å². The van der Waals surface area contributed by atoms with Crippen LogP contribution in [0.15, 0.2) is 32.9 Å². The standard InChI is InChI=1S/C16H17ClN2O5S3/c1-22-9-8-19-14-10(23-2)4-5-11(24-3)15(14)26-16(19)18-27(20,21)13-7-6-12(17)25-13/h4-7H,8-9H2,1-3H3. The zero-order valence-electron chi connectivity index (χ0n) is 14.8. The summed E-state index contributed by atoms with van der Waals surface area (Å²) >= 11 is 8.05. The first-order valence-electron chi connectivity index (χ1n) is 7.71. The Kier molecular flexibility index (Phi) is 6.11. The van der Waals surface area contributed by atoms with Gasteiger partial charge in [-0.05, 0) is 24.3 Å². The summed E-state index contributed by atoms with van der Waals surface area (Å²) in [6, 6.07) is 6.52. The Hall–Kier alpha value is -1.59. The van der Waals surface area contributed by atoms with Crippen molar-refractivity contribution in [3.8, 4) is 11.5 Å². The van der Waals surface area contributed by atoms with Gasteiger partial charge in [0.1, 0.15) is 25.9 Å². The molecule has 3 aromatic rings. The van der Waals surface area contributed by atoms with Crippen molar-refractivity contribution in [2.24, 2.45) is 4.40 Å². The fourth-order valence-electron chi connectivity index (χ4n) is 2.50. The van der Waals surface area contributed by atoms with E-state index in [2.05, 4.69) is 4.40 Å². The summed E-state index contributed by atoms with van der Waals surface area (Å²) < 4.78 is 48.5. The molecule has 0 fully saturated rings. The van der Waals surface area contributed by atoms with Gasteiger partial charge in [-0.2, -0.15) is 8.42 Å². The molecule has 0 atom stereocenters. The van der Waals surface area contributed by atoms with Crippen LogP contribution >= 0.6 is 34.3 Å². The number of nitrogens with zero attached hydrogens (tertiary/aromatic N) is 2. The Morgan fingerprint density at radius 1 is 1.07 bits per heavy atom. The first-order valence-corrected chi connectivity index (χ1v) is 11.2. The summed E-state index contributed by atoms with van der Waals surface area (Å²) in [5.41, 5.74) is 0.706. The first-order chi connectivity index (χ1) is 12.9. The number of benzene rings is 1. The second-order valence-electron chi connectivity index (χ2n) is 5.30. The van der Waals surface area contributed by atoms with Gasteiger partial charge in [0.25, 0.3) is 10.0 Å². The Morgan fingerprint density at radius 3 is 2.37 bits per heavy atom. The molecule has 3 rings (SSSR count). The average molecular weight is 449 g/mol. The third kappa shape index (κ3) is 3.99. The molecule has 1 aromatic carbocycles. The van der Waals surface area contributed by atoms with Gasteiger partial charge in [-0.25, -0.2) is 0 Å². The van der Waals surface area contributed by atoms with Crippen LogP contribution in [0.2, 0.25) is 4.34 Å². The molecule has 0 N–H and O–H groups in total. The molecule has 27 heavy (non-hydrogen) atoms. The van der Waals surface area contributed by atoms with Crippen molar-refractivity contribution in [1.29, 1.82) is 0 Å². The quantitative estimate of drug-likeness (QED) is 0.553. The fourth-order valence-corrected chi connectivity index (χ4v) is 6.33. The number of thiophene rings is 1. The van der Waals surface area contributed by atoms with Gasteiger partial charge in [0.05, 0.1) is 25.2 Å². The summed E-state index contributed by atoms with van der Waals surface area (Å²) in [5.74, 6) is 1.20. The minimum atomic E-state index is -3.90. The molecule has 0 aliphatic carbocycles. The molecule has 0 spiro atoms. The van der Waals surface area contributed by atoms with Gasteiger partial charge >= 0.3 is 0 Å². The fraction of sp³-hybridized carbons (Fsp3) is 0.312. The van der Waals surface area contributed by atoms with Gasteiger partial charge in [0, 0.05) is 13.7 Å². The normalized spacial score (nSPS) is 12.7. The molecule has 0 amide bonds. The molecule has 0 radical (unpaired) electrons. The molecule has 7 nitrogen and oxygen atoms in total. The molecule has 0 aliphatic heterocycles. The zero-order chi connectivity index (χ0) is 19.6. The zero-order valence-corrected chi connectivity index (χ0v) is 18.0. The largest absolute Gasteiger partial charge is 0.495 e. The number of hydrogen-bond acceptors (Lipinski definition) is 7. The van der Waals surface area contributed by atoms with Crippen molar-refractivity contribution in [1.82, 2.24) is 4.57 Å². The van der Waals surface area contributed by atoms with Crippen LogP contribution in [0.25, 0.3) is 10.2 Å². The van der Waals surface area contributed by atoms with E-state index >= 15 is 0 Å². The smallest absolute Gasteiger partial charge is 0.294 e. The third-order valence-electron chi connectivity index (χ3n) is 3.71. The molecule has 0 aliphatic rings. The predicted molar refractivity (Wildman–Crippen MR) is 107 cm³/mol. The van der Waals surface area contributed by atoms with Crippen molar-refractivity contribution in [2.75, 3.05) is 27.9 Å². The van der Waals surface area contributed by atoms with Crippen molar-refractivity contribution >= 4 is 54.5 Å². The number of fused-ring (bicyclic) bond motifs is 1. The first kappa shape index (κ1) is 20.2. The number of sulfonamides is 1. The summed E-state index contributed by atoms with van der Waals surface area (Å²) in [4.78, 5) is 0.300. The number of hydrogen-bond donors (Lipinski definition) is 0. The molecule has 0 unspecified atom stereocenters. The topological polar surface area (TPSA) is 79.1 Å². The van der Waals surface area contributed by atoms with E-state index in [4.69, 9.17) is 25.8 Å². The molecule has 2 heterocycles. The number of aromatic nitrogens is 1. The second kappa shape index (κ2) is 8.19.